The van der Waals surface area contributed by atoms with Crippen LogP contribution in [0.2, 0.25) is 0 Å². The molecule has 1 aromatic heterocycles. The minimum Gasteiger partial charge on any atom is -0.506 e. The van der Waals surface area contributed by atoms with Crippen molar-refractivity contribution in [2.75, 3.05) is 0 Å². The van der Waals surface area contributed by atoms with Crippen LogP contribution in [0.5, 0.6) is 0 Å². The van der Waals surface area contributed by atoms with Crippen molar-refractivity contribution in [1.82, 2.24) is 0 Å². The molecular formula is C17H14F3NO2S. The van der Waals surface area contributed by atoms with E-state index in [1.807, 2.05) is 13.0 Å². The summed E-state index contributed by atoms with van der Waals surface area (Å²) in [6, 6.07) is 8.20. The molecule has 0 aliphatic heterocycles. The van der Waals surface area contributed by atoms with Crippen LogP contribution >= 0.6 is 11.3 Å². The van der Waals surface area contributed by atoms with Crippen molar-refractivity contribution in [3.05, 3.63) is 57.3 Å². The van der Waals surface area contributed by atoms with Gasteiger partial charge in [0, 0.05) is 6.21 Å². The van der Waals surface area contributed by atoms with Gasteiger partial charge >= 0.3 is 6.18 Å². The van der Waals surface area contributed by atoms with Crippen molar-refractivity contribution in [3.63, 3.8) is 0 Å². The van der Waals surface area contributed by atoms with Crippen LogP contribution in [0.4, 0.5) is 18.9 Å². The van der Waals surface area contributed by atoms with E-state index >= 15 is 0 Å². The van der Waals surface area contributed by atoms with Gasteiger partial charge in [0.25, 0.3) is 5.78 Å². The second-order valence-electron chi connectivity index (χ2n) is 5.11. The molecule has 1 aromatic carbocycles. The lowest BCUT2D eigenvalue weighted by atomic mass is 10.1. The minimum absolute atomic E-state index is 0.162. The first kappa shape index (κ1) is 17.9. The molecule has 0 saturated heterocycles. The van der Waals surface area contributed by atoms with E-state index in [0.29, 0.717) is 5.69 Å². The van der Waals surface area contributed by atoms with E-state index in [9.17, 15) is 23.1 Å². The summed E-state index contributed by atoms with van der Waals surface area (Å²) in [6.45, 7) is 3.63. The predicted octanol–water partition coefficient (Wildman–Crippen LogP) is 5.17. The first-order valence-electron chi connectivity index (χ1n) is 6.90. The summed E-state index contributed by atoms with van der Waals surface area (Å²) in [6.07, 6.45) is -4.34. The maximum atomic E-state index is 12.8. The monoisotopic (exact) mass is 353 g/mol. The minimum atomic E-state index is -5.10. The average molecular weight is 353 g/mol. The topological polar surface area (TPSA) is 49.7 Å². The molecule has 0 aliphatic carbocycles. The first-order chi connectivity index (χ1) is 11.2. The average Bonchev–Trinajstić information content (AvgIpc) is 3.02. The number of ketones is 1. The lowest BCUT2D eigenvalue weighted by Crippen LogP contribution is -2.26. The van der Waals surface area contributed by atoms with E-state index in [0.717, 1.165) is 28.7 Å². The van der Waals surface area contributed by atoms with Crippen LogP contribution in [0.1, 0.15) is 16.0 Å². The molecule has 1 heterocycles. The van der Waals surface area contributed by atoms with Gasteiger partial charge < -0.3 is 5.11 Å². The molecule has 0 unspecified atom stereocenters. The van der Waals surface area contributed by atoms with E-state index in [4.69, 9.17) is 0 Å². The number of Topliss-reactive ketones (excluding diaryl/α,β-unsaturated/α-hetero) is 1. The third-order valence-electron chi connectivity index (χ3n) is 3.20. The second kappa shape index (κ2) is 7.00. The number of carbonyl (C=O) groups is 1. The predicted molar refractivity (Wildman–Crippen MR) is 89.0 cm³/mol. The van der Waals surface area contributed by atoms with Crippen molar-refractivity contribution < 1.29 is 23.1 Å². The first-order valence-corrected chi connectivity index (χ1v) is 7.78. The molecule has 0 amide bonds. The molecule has 0 spiro atoms. The Labute approximate surface area is 140 Å². The Morgan fingerprint density at radius 3 is 2.50 bits per heavy atom. The maximum absolute atomic E-state index is 12.8. The number of aliphatic hydroxyl groups is 1. The fraction of sp³-hybridized carbons (Fsp3) is 0.176. The number of aryl methyl sites for hydroxylation is 2. The van der Waals surface area contributed by atoms with Gasteiger partial charge in [-0.2, -0.15) is 13.2 Å². The lowest BCUT2D eigenvalue weighted by Gasteiger charge is -2.08. The molecule has 2 rings (SSSR count). The fourth-order valence-electron chi connectivity index (χ4n) is 2.01. The smallest absolute Gasteiger partial charge is 0.455 e. The van der Waals surface area contributed by atoms with Gasteiger partial charge in [-0.1, -0.05) is 23.8 Å². The van der Waals surface area contributed by atoms with Crippen LogP contribution in [-0.4, -0.2) is 23.3 Å². The van der Waals surface area contributed by atoms with Gasteiger partial charge in [0.1, 0.15) is 5.76 Å². The number of aliphatic imine (C=N–C) groups is 1. The summed E-state index contributed by atoms with van der Waals surface area (Å²) in [7, 11) is 0. The third kappa shape index (κ3) is 4.11. The Bertz CT molecular complexity index is 806. The number of benzene rings is 1. The van der Waals surface area contributed by atoms with E-state index < -0.39 is 23.3 Å². The number of carbonyl (C=O) groups excluding carboxylic acids is 1. The number of halogens is 3. The van der Waals surface area contributed by atoms with Crippen molar-refractivity contribution >= 4 is 34.8 Å². The molecule has 126 valence electrons. The normalized spacial score (nSPS) is 13.2. The summed E-state index contributed by atoms with van der Waals surface area (Å²) in [5.41, 5.74) is 1.27. The van der Waals surface area contributed by atoms with Crippen LogP contribution in [0.15, 0.2) is 46.3 Å². The molecule has 3 nitrogen and oxygen atoms in total. The van der Waals surface area contributed by atoms with Crippen LogP contribution < -0.4 is 0 Å². The van der Waals surface area contributed by atoms with Crippen LogP contribution in [0.3, 0.4) is 0 Å². The molecular weight excluding hydrogens is 339 g/mol. The quantitative estimate of drug-likeness (QED) is 0.468. The van der Waals surface area contributed by atoms with Gasteiger partial charge in [0.2, 0.25) is 0 Å². The van der Waals surface area contributed by atoms with Crippen molar-refractivity contribution in [1.29, 1.82) is 0 Å². The number of nitrogens with zero attached hydrogens (tertiary/aromatic N) is 1. The zero-order chi connectivity index (χ0) is 17.9. The summed E-state index contributed by atoms with van der Waals surface area (Å²) in [5, 5.41) is 11.7. The Hall–Kier alpha value is -2.41. The SMILES string of the molecule is Cc1ccc(N=C/C(C(=O)C(F)(F)F)=C(/O)c2cccs2)c(C)c1. The number of thiophene rings is 1. The standard InChI is InChI=1S/C17H14F3NO2S/c1-10-5-6-13(11(2)8-10)21-9-12(16(23)17(18,19)20)15(22)14-4-3-7-24-14/h3-9,22H,1-2H3/b15-12-,21-9?. The molecule has 24 heavy (non-hydrogen) atoms. The highest BCUT2D eigenvalue weighted by Gasteiger charge is 2.41. The molecule has 0 saturated carbocycles. The maximum Gasteiger partial charge on any atom is 0.455 e. The summed E-state index contributed by atoms with van der Waals surface area (Å²) >= 11 is 1.03. The van der Waals surface area contributed by atoms with E-state index in [1.165, 1.54) is 6.07 Å². The molecule has 0 fully saturated rings. The number of alkyl halides is 3. The number of rotatable bonds is 4. The van der Waals surface area contributed by atoms with Crippen molar-refractivity contribution in [2.45, 2.75) is 20.0 Å². The third-order valence-corrected chi connectivity index (χ3v) is 4.07. The van der Waals surface area contributed by atoms with Crippen LogP contribution in [-0.2, 0) is 4.79 Å². The second-order valence-corrected chi connectivity index (χ2v) is 6.06. The molecule has 1 N–H and O–H groups in total. The molecule has 2 aromatic rings. The zero-order valence-electron chi connectivity index (χ0n) is 12.9. The largest absolute Gasteiger partial charge is 0.506 e. The molecule has 7 heteroatoms. The summed E-state index contributed by atoms with van der Waals surface area (Å²) in [5.74, 6) is -2.87. The van der Waals surface area contributed by atoms with Gasteiger partial charge in [-0.05, 0) is 36.9 Å². The number of hydrogen-bond donors (Lipinski definition) is 1. The lowest BCUT2D eigenvalue weighted by molar-refractivity contribution is -0.165. The van der Waals surface area contributed by atoms with Gasteiger partial charge in [-0.15, -0.1) is 11.3 Å². The van der Waals surface area contributed by atoms with Crippen LogP contribution in [0.25, 0.3) is 5.76 Å². The van der Waals surface area contributed by atoms with Crippen molar-refractivity contribution in [2.24, 2.45) is 4.99 Å². The van der Waals surface area contributed by atoms with Crippen molar-refractivity contribution in [3.8, 4) is 0 Å². The highest BCUT2D eigenvalue weighted by Crippen LogP contribution is 2.28. The Kier molecular flexibility index (Phi) is 5.23. The zero-order valence-corrected chi connectivity index (χ0v) is 13.7. The van der Waals surface area contributed by atoms with Gasteiger partial charge in [-0.3, -0.25) is 9.79 Å². The number of allylic oxidation sites excluding steroid dienone is 1. The van der Waals surface area contributed by atoms with Gasteiger partial charge in [0.15, 0.2) is 0 Å². The van der Waals surface area contributed by atoms with E-state index in [1.54, 1.807) is 30.5 Å². The van der Waals surface area contributed by atoms with E-state index in [-0.39, 0.29) is 4.88 Å². The highest BCUT2D eigenvalue weighted by atomic mass is 32.1. The number of aliphatic hydroxyl groups excluding tert-OH is 1. The summed E-state index contributed by atoms with van der Waals surface area (Å²) in [4.78, 5) is 15.7. The van der Waals surface area contributed by atoms with Gasteiger partial charge in [0.05, 0.1) is 16.1 Å². The fourth-order valence-corrected chi connectivity index (χ4v) is 2.69. The summed E-state index contributed by atoms with van der Waals surface area (Å²) < 4.78 is 38.4. The molecule has 0 radical (unpaired) electrons. The Morgan fingerprint density at radius 1 is 1.25 bits per heavy atom. The van der Waals surface area contributed by atoms with Crippen LogP contribution in [0, 0.1) is 13.8 Å². The van der Waals surface area contributed by atoms with E-state index in [2.05, 4.69) is 4.99 Å². The number of hydrogen-bond acceptors (Lipinski definition) is 4. The molecule has 0 bridgehead atoms. The Balaban J connectivity index is 2.49. The molecule has 0 aliphatic rings. The van der Waals surface area contributed by atoms with Gasteiger partial charge in [-0.25, -0.2) is 0 Å². The highest BCUT2D eigenvalue weighted by molar-refractivity contribution is 7.11. The molecule has 0 atom stereocenters. The Morgan fingerprint density at radius 2 is 1.96 bits per heavy atom.